The maximum Gasteiger partial charge on any atom is 0.323 e. The van der Waals surface area contributed by atoms with Gasteiger partial charge in [0.1, 0.15) is 0 Å². The number of fused-ring (bicyclic) bond motifs is 1. The number of H-pyrrole nitrogens is 2. The lowest BCUT2D eigenvalue weighted by molar-refractivity contribution is 0.352. The van der Waals surface area contributed by atoms with Crippen LogP contribution in [0, 0.1) is 0 Å². The second kappa shape index (κ2) is 6.37. The Bertz CT molecular complexity index is 901. The first-order valence-corrected chi connectivity index (χ1v) is 7.76. The van der Waals surface area contributed by atoms with Crippen LogP contribution in [0.4, 0.5) is 5.69 Å². The summed E-state index contributed by atoms with van der Waals surface area (Å²) in [6, 6.07) is 9.57. The zero-order valence-corrected chi connectivity index (χ0v) is 14.3. The lowest BCUT2D eigenvalue weighted by Crippen LogP contribution is -2.01. The van der Waals surface area contributed by atoms with E-state index in [2.05, 4.69) is 31.2 Å². The van der Waals surface area contributed by atoms with Crippen LogP contribution in [0.15, 0.2) is 39.6 Å². The van der Waals surface area contributed by atoms with Crippen LogP contribution >= 0.6 is 15.9 Å². The van der Waals surface area contributed by atoms with E-state index in [1.165, 1.54) is 0 Å². The Kier molecular flexibility index (Phi) is 4.29. The number of hydrogen-bond donors (Lipinski definition) is 3. The van der Waals surface area contributed by atoms with Crippen LogP contribution in [0.3, 0.4) is 0 Å². The summed E-state index contributed by atoms with van der Waals surface area (Å²) in [5.74, 6) is 1.34. The van der Waals surface area contributed by atoms with Crippen molar-refractivity contribution in [2.75, 3.05) is 19.5 Å². The van der Waals surface area contributed by atoms with Gasteiger partial charge in [0.2, 0.25) is 0 Å². The minimum Gasteiger partial charge on any atom is -0.493 e. The lowest BCUT2D eigenvalue weighted by Gasteiger charge is -2.13. The third-order valence-corrected chi connectivity index (χ3v) is 4.09. The molecule has 0 fully saturated rings. The quantitative estimate of drug-likeness (QED) is 0.637. The first kappa shape index (κ1) is 15.5. The monoisotopic (exact) mass is 377 g/mol. The molecule has 0 aliphatic rings. The standard InChI is InChI=1S/C16H16BrN3O3/c1-22-14-6-9(5-11(17)15(14)23-2)8-18-10-3-4-12-13(7-10)20-16(21)19-12/h3-7,18H,8H2,1-2H3,(H2,19,20,21). The van der Waals surface area contributed by atoms with Crippen LogP contribution in [0.1, 0.15) is 5.56 Å². The van der Waals surface area contributed by atoms with E-state index in [-0.39, 0.29) is 5.69 Å². The Hall–Kier alpha value is -2.41. The Labute approximate surface area is 140 Å². The van der Waals surface area contributed by atoms with Crippen LogP contribution in [0.25, 0.3) is 11.0 Å². The predicted molar refractivity (Wildman–Crippen MR) is 93.5 cm³/mol. The number of benzene rings is 2. The molecule has 1 aromatic heterocycles. The predicted octanol–water partition coefficient (Wildman–Crippen LogP) is 3.25. The second-order valence-electron chi connectivity index (χ2n) is 5.01. The number of aromatic amines is 2. The lowest BCUT2D eigenvalue weighted by atomic mass is 10.2. The fourth-order valence-electron chi connectivity index (χ4n) is 2.42. The number of aromatic nitrogens is 2. The number of hydrogen-bond acceptors (Lipinski definition) is 4. The first-order chi connectivity index (χ1) is 11.1. The molecule has 3 aromatic rings. The molecule has 0 aliphatic heterocycles. The Morgan fingerprint density at radius 3 is 2.61 bits per heavy atom. The normalized spacial score (nSPS) is 10.7. The minimum absolute atomic E-state index is 0.207. The van der Waals surface area contributed by atoms with Crippen molar-refractivity contribution in [1.29, 1.82) is 0 Å². The van der Waals surface area contributed by atoms with Gasteiger partial charge in [-0.15, -0.1) is 0 Å². The molecule has 0 bridgehead atoms. The summed E-state index contributed by atoms with van der Waals surface area (Å²) in [5, 5.41) is 3.33. The minimum atomic E-state index is -0.207. The highest BCUT2D eigenvalue weighted by atomic mass is 79.9. The molecule has 0 saturated carbocycles. The number of methoxy groups -OCH3 is 2. The van der Waals surface area contributed by atoms with Gasteiger partial charge in [0.25, 0.3) is 0 Å². The Morgan fingerprint density at radius 2 is 1.87 bits per heavy atom. The van der Waals surface area contributed by atoms with Crippen LogP contribution in [-0.2, 0) is 6.54 Å². The first-order valence-electron chi connectivity index (χ1n) is 6.97. The summed E-state index contributed by atoms with van der Waals surface area (Å²) in [5.41, 5.74) is 3.31. The van der Waals surface area contributed by atoms with Crippen molar-refractivity contribution < 1.29 is 9.47 Å². The van der Waals surface area contributed by atoms with Crippen LogP contribution < -0.4 is 20.5 Å². The number of nitrogens with one attached hydrogen (secondary N) is 3. The van der Waals surface area contributed by atoms with E-state index >= 15 is 0 Å². The third-order valence-electron chi connectivity index (χ3n) is 3.51. The Morgan fingerprint density at radius 1 is 1.09 bits per heavy atom. The SMILES string of the molecule is COc1cc(CNc2ccc3[nH]c(=O)[nH]c3c2)cc(Br)c1OC. The number of rotatable bonds is 5. The van der Waals surface area contributed by atoms with Gasteiger partial charge >= 0.3 is 5.69 Å². The highest BCUT2D eigenvalue weighted by Crippen LogP contribution is 2.36. The van der Waals surface area contributed by atoms with Gasteiger partial charge in [-0.25, -0.2) is 4.79 Å². The van der Waals surface area contributed by atoms with Crippen LogP contribution in [-0.4, -0.2) is 24.2 Å². The smallest absolute Gasteiger partial charge is 0.323 e. The molecule has 2 aromatic carbocycles. The number of imidazole rings is 1. The molecule has 23 heavy (non-hydrogen) atoms. The van der Waals surface area contributed by atoms with E-state index in [1.807, 2.05) is 30.3 Å². The fraction of sp³-hybridized carbons (Fsp3) is 0.188. The average molecular weight is 378 g/mol. The molecule has 0 aliphatic carbocycles. The maximum absolute atomic E-state index is 11.3. The van der Waals surface area contributed by atoms with Crippen molar-refractivity contribution in [3.8, 4) is 11.5 Å². The van der Waals surface area contributed by atoms with Crippen molar-refractivity contribution in [1.82, 2.24) is 9.97 Å². The molecule has 1 heterocycles. The number of anilines is 1. The van der Waals surface area contributed by atoms with Crippen LogP contribution in [0.2, 0.25) is 0 Å². The summed E-state index contributed by atoms with van der Waals surface area (Å²) >= 11 is 3.48. The summed E-state index contributed by atoms with van der Waals surface area (Å²) in [4.78, 5) is 16.7. The second-order valence-corrected chi connectivity index (χ2v) is 5.86. The number of halogens is 1. The van der Waals surface area contributed by atoms with Crippen molar-refractivity contribution in [2.24, 2.45) is 0 Å². The zero-order chi connectivity index (χ0) is 16.4. The largest absolute Gasteiger partial charge is 0.493 e. The molecule has 0 unspecified atom stereocenters. The van der Waals surface area contributed by atoms with E-state index in [0.717, 1.165) is 26.8 Å². The van der Waals surface area contributed by atoms with E-state index < -0.39 is 0 Å². The fourth-order valence-corrected chi connectivity index (χ4v) is 3.07. The van der Waals surface area contributed by atoms with E-state index in [0.29, 0.717) is 18.0 Å². The van der Waals surface area contributed by atoms with Crippen molar-refractivity contribution in [3.63, 3.8) is 0 Å². The van der Waals surface area contributed by atoms with Crippen molar-refractivity contribution in [2.45, 2.75) is 6.54 Å². The zero-order valence-electron chi connectivity index (χ0n) is 12.7. The van der Waals surface area contributed by atoms with Crippen molar-refractivity contribution in [3.05, 3.63) is 50.9 Å². The molecule has 7 heteroatoms. The molecule has 3 rings (SSSR count). The number of ether oxygens (including phenoxy) is 2. The van der Waals surface area contributed by atoms with Gasteiger partial charge < -0.3 is 24.8 Å². The Balaban J connectivity index is 1.81. The molecule has 0 saturated heterocycles. The molecule has 0 atom stereocenters. The molecule has 0 radical (unpaired) electrons. The van der Waals surface area contributed by atoms with Crippen molar-refractivity contribution >= 4 is 32.7 Å². The average Bonchev–Trinajstić information content (AvgIpc) is 2.91. The molecule has 0 amide bonds. The summed E-state index contributed by atoms with van der Waals surface area (Å²) in [6.45, 7) is 0.610. The maximum atomic E-state index is 11.3. The highest BCUT2D eigenvalue weighted by molar-refractivity contribution is 9.10. The van der Waals surface area contributed by atoms with Gasteiger partial charge in [-0.2, -0.15) is 0 Å². The van der Waals surface area contributed by atoms with E-state index in [9.17, 15) is 4.79 Å². The highest BCUT2D eigenvalue weighted by Gasteiger charge is 2.10. The van der Waals surface area contributed by atoms with Gasteiger partial charge in [0, 0.05) is 12.2 Å². The van der Waals surface area contributed by atoms with Gasteiger partial charge in [-0.3, -0.25) is 0 Å². The summed E-state index contributed by atoms with van der Waals surface area (Å²) in [7, 11) is 3.21. The molecule has 3 N–H and O–H groups in total. The molecule has 6 nitrogen and oxygen atoms in total. The molecule has 0 spiro atoms. The van der Waals surface area contributed by atoms with Gasteiger partial charge in [-0.05, 0) is 51.8 Å². The van der Waals surface area contributed by atoms with Crippen LogP contribution in [0.5, 0.6) is 11.5 Å². The van der Waals surface area contributed by atoms with Gasteiger partial charge in [0.05, 0.1) is 29.7 Å². The van der Waals surface area contributed by atoms with E-state index in [1.54, 1.807) is 14.2 Å². The van der Waals surface area contributed by atoms with Gasteiger partial charge in [0.15, 0.2) is 11.5 Å². The molecular formula is C16H16BrN3O3. The van der Waals surface area contributed by atoms with Gasteiger partial charge in [-0.1, -0.05) is 0 Å². The van der Waals surface area contributed by atoms with E-state index in [4.69, 9.17) is 9.47 Å². The third kappa shape index (κ3) is 3.19. The summed E-state index contributed by atoms with van der Waals surface area (Å²) < 4.78 is 11.5. The summed E-state index contributed by atoms with van der Waals surface area (Å²) in [6.07, 6.45) is 0. The topological polar surface area (TPSA) is 79.1 Å². The molecule has 120 valence electrons. The molecular weight excluding hydrogens is 362 g/mol.